The SMILES string of the molecule is Cl.NC(=O)C1(C(=O)O)CCNCC1. The third-order valence-electron chi connectivity index (χ3n) is 2.34. The number of primary amides is 1. The van der Waals surface area contributed by atoms with Crippen molar-refractivity contribution < 1.29 is 14.7 Å². The lowest BCUT2D eigenvalue weighted by atomic mass is 9.78. The number of carboxylic acid groups (broad SMARTS) is 1. The molecule has 13 heavy (non-hydrogen) atoms. The van der Waals surface area contributed by atoms with Crippen molar-refractivity contribution in [2.75, 3.05) is 13.1 Å². The van der Waals surface area contributed by atoms with Crippen LogP contribution in [0.3, 0.4) is 0 Å². The van der Waals surface area contributed by atoms with Crippen LogP contribution in [0, 0.1) is 5.41 Å². The van der Waals surface area contributed by atoms with Crippen molar-refractivity contribution in [1.82, 2.24) is 5.32 Å². The maximum Gasteiger partial charge on any atom is 0.319 e. The van der Waals surface area contributed by atoms with Crippen LogP contribution in [0.25, 0.3) is 0 Å². The number of aliphatic carboxylic acids is 1. The first-order valence-electron chi connectivity index (χ1n) is 3.83. The van der Waals surface area contributed by atoms with Gasteiger partial charge < -0.3 is 16.2 Å². The van der Waals surface area contributed by atoms with E-state index in [1.165, 1.54) is 0 Å². The van der Waals surface area contributed by atoms with E-state index in [1.54, 1.807) is 0 Å². The molecular weight excluding hydrogens is 196 g/mol. The summed E-state index contributed by atoms with van der Waals surface area (Å²) in [5, 5.41) is 11.8. The summed E-state index contributed by atoms with van der Waals surface area (Å²) in [5.41, 5.74) is 3.73. The Bertz CT molecular complexity index is 198. The Hall–Kier alpha value is -0.810. The van der Waals surface area contributed by atoms with Crippen LogP contribution < -0.4 is 11.1 Å². The molecule has 1 saturated heterocycles. The highest BCUT2D eigenvalue weighted by Gasteiger charge is 2.45. The molecule has 1 amide bonds. The molecule has 0 aromatic rings. The average Bonchev–Trinajstić information content (AvgIpc) is 2.05. The largest absolute Gasteiger partial charge is 0.480 e. The minimum absolute atomic E-state index is 0. The Balaban J connectivity index is 0.00000144. The van der Waals surface area contributed by atoms with Gasteiger partial charge in [-0.1, -0.05) is 0 Å². The molecule has 1 fully saturated rings. The molecule has 0 atom stereocenters. The van der Waals surface area contributed by atoms with Crippen LogP contribution in [0.2, 0.25) is 0 Å². The zero-order chi connectivity index (χ0) is 9.19. The molecule has 1 aliphatic heterocycles. The highest BCUT2D eigenvalue weighted by molar-refractivity contribution is 6.01. The van der Waals surface area contributed by atoms with E-state index in [9.17, 15) is 9.59 Å². The maximum absolute atomic E-state index is 10.9. The average molecular weight is 209 g/mol. The third kappa shape index (κ3) is 2.10. The number of carbonyl (C=O) groups excluding carboxylic acids is 1. The minimum atomic E-state index is -1.33. The van der Waals surface area contributed by atoms with Gasteiger partial charge in [-0.15, -0.1) is 12.4 Å². The van der Waals surface area contributed by atoms with Crippen LogP contribution in [0.1, 0.15) is 12.8 Å². The van der Waals surface area contributed by atoms with Gasteiger partial charge in [-0.25, -0.2) is 0 Å². The molecule has 76 valence electrons. The van der Waals surface area contributed by atoms with E-state index in [4.69, 9.17) is 10.8 Å². The van der Waals surface area contributed by atoms with Crippen LogP contribution in [-0.2, 0) is 9.59 Å². The Morgan fingerprint density at radius 1 is 1.31 bits per heavy atom. The molecule has 5 nitrogen and oxygen atoms in total. The summed E-state index contributed by atoms with van der Waals surface area (Å²) in [6.07, 6.45) is 0.579. The molecule has 0 aliphatic carbocycles. The molecule has 4 N–H and O–H groups in total. The number of hydrogen-bond acceptors (Lipinski definition) is 3. The second-order valence-corrected chi connectivity index (χ2v) is 3.00. The summed E-state index contributed by atoms with van der Waals surface area (Å²) in [6.45, 7) is 1.07. The van der Waals surface area contributed by atoms with Crippen molar-refractivity contribution in [2.45, 2.75) is 12.8 Å². The first-order chi connectivity index (χ1) is 5.59. The Morgan fingerprint density at radius 3 is 2.00 bits per heavy atom. The third-order valence-corrected chi connectivity index (χ3v) is 2.34. The van der Waals surface area contributed by atoms with E-state index < -0.39 is 17.3 Å². The van der Waals surface area contributed by atoms with E-state index in [2.05, 4.69) is 5.32 Å². The monoisotopic (exact) mass is 208 g/mol. The van der Waals surface area contributed by atoms with Gasteiger partial charge in [0.05, 0.1) is 0 Å². The van der Waals surface area contributed by atoms with Crippen molar-refractivity contribution in [3.8, 4) is 0 Å². The van der Waals surface area contributed by atoms with Crippen LogP contribution >= 0.6 is 12.4 Å². The molecule has 6 heteroatoms. The quantitative estimate of drug-likeness (QED) is 0.526. The number of nitrogens with one attached hydrogen (secondary N) is 1. The number of carboxylic acids is 1. The van der Waals surface area contributed by atoms with Gasteiger partial charge in [0, 0.05) is 0 Å². The topological polar surface area (TPSA) is 92.4 Å². The van der Waals surface area contributed by atoms with Crippen LogP contribution in [-0.4, -0.2) is 30.1 Å². The molecular formula is C7H13ClN2O3. The molecule has 0 saturated carbocycles. The van der Waals surface area contributed by atoms with E-state index in [-0.39, 0.29) is 25.2 Å². The van der Waals surface area contributed by atoms with Gasteiger partial charge in [0.2, 0.25) is 5.91 Å². The Morgan fingerprint density at radius 2 is 1.77 bits per heavy atom. The summed E-state index contributed by atoms with van der Waals surface area (Å²) in [4.78, 5) is 21.7. The molecule has 0 bridgehead atoms. The summed E-state index contributed by atoms with van der Waals surface area (Å²) >= 11 is 0. The lowest BCUT2D eigenvalue weighted by Gasteiger charge is -2.30. The number of rotatable bonds is 2. The molecule has 0 unspecified atom stereocenters. The van der Waals surface area contributed by atoms with Crippen LogP contribution in [0.5, 0.6) is 0 Å². The zero-order valence-electron chi connectivity index (χ0n) is 7.08. The van der Waals surface area contributed by atoms with Crippen molar-refractivity contribution in [2.24, 2.45) is 11.1 Å². The molecule has 1 rings (SSSR count). The Labute approximate surface area is 82.1 Å². The predicted molar refractivity (Wildman–Crippen MR) is 48.6 cm³/mol. The fraction of sp³-hybridized carbons (Fsp3) is 0.714. The number of piperidine rings is 1. The van der Waals surface area contributed by atoms with Crippen molar-refractivity contribution in [1.29, 1.82) is 0 Å². The van der Waals surface area contributed by atoms with Gasteiger partial charge in [-0.2, -0.15) is 0 Å². The van der Waals surface area contributed by atoms with Gasteiger partial charge in [0.25, 0.3) is 0 Å². The highest BCUT2D eigenvalue weighted by atomic mass is 35.5. The first kappa shape index (κ1) is 12.2. The molecule has 1 heterocycles. The van der Waals surface area contributed by atoms with E-state index >= 15 is 0 Å². The van der Waals surface area contributed by atoms with Crippen molar-refractivity contribution in [3.05, 3.63) is 0 Å². The van der Waals surface area contributed by atoms with Crippen molar-refractivity contribution in [3.63, 3.8) is 0 Å². The minimum Gasteiger partial charge on any atom is -0.480 e. The van der Waals surface area contributed by atoms with E-state index in [1.807, 2.05) is 0 Å². The summed E-state index contributed by atoms with van der Waals surface area (Å²) in [7, 11) is 0. The number of carbonyl (C=O) groups is 2. The standard InChI is InChI=1S/C7H12N2O3.ClH/c8-5(10)7(6(11)12)1-3-9-4-2-7;/h9H,1-4H2,(H2,8,10)(H,11,12);1H. The van der Waals surface area contributed by atoms with Gasteiger partial charge in [-0.05, 0) is 25.9 Å². The lowest BCUT2D eigenvalue weighted by Crippen LogP contribution is -2.50. The zero-order valence-corrected chi connectivity index (χ0v) is 7.89. The second kappa shape index (κ2) is 4.43. The summed E-state index contributed by atoms with van der Waals surface area (Å²) < 4.78 is 0. The fourth-order valence-electron chi connectivity index (χ4n) is 1.42. The van der Waals surface area contributed by atoms with Gasteiger partial charge >= 0.3 is 5.97 Å². The van der Waals surface area contributed by atoms with Crippen LogP contribution in [0.15, 0.2) is 0 Å². The summed E-state index contributed by atoms with van der Waals surface area (Å²) in [5.74, 6) is -1.83. The molecule has 1 aliphatic rings. The van der Waals surface area contributed by atoms with Gasteiger partial charge in [0.15, 0.2) is 0 Å². The first-order valence-corrected chi connectivity index (χ1v) is 3.83. The van der Waals surface area contributed by atoms with E-state index in [0.29, 0.717) is 13.1 Å². The Kier molecular flexibility index (Phi) is 4.16. The number of hydrogen-bond donors (Lipinski definition) is 3. The molecule has 0 aromatic heterocycles. The predicted octanol–water partition coefficient (Wildman–Crippen LogP) is -0.652. The lowest BCUT2D eigenvalue weighted by molar-refractivity contribution is -0.156. The highest BCUT2D eigenvalue weighted by Crippen LogP contribution is 2.28. The van der Waals surface area contributed by atoms with Gasteiger partial charge in [0.1, 0.15) is 5.41 Å². The second-order valence-electron chi connectivity index (χ2n) is 3.00. The normalized spacial score (nSPS) is 20.0. The fourth-order valence-corrected chi connectivity index (χ4v) is 1.42. The number of nitrogens with two attached hydrogens (primary N) is 1. The number of halogens is 1. The van der Waals surface area contributed by atoms with Crippen LogP contribution in [0.4, 0.5) is 0 Å². The maximum atomic E-state index is 10.9. The van der Waals surface area contributed by atoms with Gasteiger partial charge in [-0.3, -0.25) is 9.59 Å². The van der Waals surface area contributed by atoms with Crippen molar-refractivity contribution >= 4 is 24.3 Å². The smallest absolute Gasteiger partial charge is 0.319 e. The number of amides is 1. The van der Waals surface area contributed by atoms with E-state index in [0.717, 1.165) is 0 Å². The molecule has 0 spiro atoms. The molecule has 0 aromatic carbocycles. The summed E-state index contributed by atoms with van der Waals surface area (Å²) in [6, 6.07) is 0. The molecule has 0 radical (unpaired) electrons.